The predicted molar refractivity (Wildman–Crippen MR) is 78.0 cm³/mol. The fourth-order valence-corrected chi connectivity index (χ4v) is 2.53. The molecular weight excluding hydrogens is 295 g/mol. The van der Waals surface area contributed by atoms with Crippen LogP contribution in [0.3, 0.4) is 0 Å². The molecule has 1 aliphatic rings. The third kappa shape index (κ3) is 2.68. The molecule has 0 spiro atoms. The lowest BCUT2D eigenvalue weighted by Gasteiger charge is -2.22. The summed E-state index contributed by atoms with van der Waals surface area (Å²) in [5.41, 5.74) is 3.76. The summed E-state index contributed by atoms with van der Waals surface area (Å²) in [6.07, 6.45) is 0. The number of hydrazine groups is 1. The summed E-state index contributed by atoms with van der Waals surface area (Å²) in [5, 5.41) is 0.0605. The number of fused-ring (bicyclic) bond motifs is 1. The maximum Gasteiger partial charge on any atom is 0.161 e. The average molecular weight is 309 g/mol. The number of benzene rings is 2. The van der Waals surface area contributed by atoms with Crippen molar-refractivity contribution in [3.63, 3.8) is 0 Å². The van der Waals surface area contributed by atoms with Crippen LogP contribution in [0, 0.1) is 5.82 Å². The molecule has 3 rings (SSSR count). The quantitative estimate of drug-likeness (QED) is 0.676. The molecule has 0 radical (unpaired) electrons. The Kier molecular flexibility index (Phi) is 3.96. The number of halogens is 2. The molecule has 21 heavy (non-hydrogen) atoms. The molecule has 2 aromatic carbocycles. The Hall–Kier alpha value is -1.82. The Bertz CT molecular complexity index is 666. The maximum atomic E-state index is 14.2. The molecule has 6 heteroatoms. The molecule has 0 saturated heterocycles. The van der Waals surface area contributed by atoms with E-state index in [4.69, 9.17) is 26.9 Å². The second-order valence-electron chi connectivity index (χ2n) is 4.65. The van der Waals surface area contributed by atoms with E-state index in [-0.39, 0.29) is 5.02 Å². The molecule has 4 nitrogen and oxygen atoms in total. The van der Waals surface area contributed by atoms with Gasteiger partial charge in [-0.05, 0) is 23.8 Å². The molecule has 1 heterocycles. The highest BCUT2D eigenvalue weighted by Gasteiger charge is 2.21. The van der Waals surface area contributed by atoms with Crippen LogP contribution >= 0.6 is 11.6 Å². The minimum Gasteiger partial charge on any atom is -0.486 e. The van der Waals surface area contributed by atoms with Gasteiger partial charge in [-0.1, -0.05) is 29.8 Å². The van der Waals surface area contributed by atoms with E-state index in [9.17, 15) is 4.39 Å². The lowest BCUT2D eigenvalue weighted by molar-refractivity contribution is 0.171. The van der Waals surface area contributed by atoms with Gasteiger partial charge in [-0.15, -0.1) is 0 Å². The Morgan fingerprint density at radius 1 is 1.14 bits per heavy atom. The van der Waals surface area contributed by atoms with Crippen molar-refractivity contribution in [3.8, 4) is 11.5 Å². The topological polar surface area (TPSA) is 56.5 Å². The molecule has 110 valence electrons. The highest BCUT2D eigenvalue weighted by Crippen LogP contribution is 2.35. The van der Waals surface area contributed by atoms with E-state index >= 15 is 0 Å². The molecule has 0 amide bonds. The van der Waals surface area contributed by atoms with Crippen LogP contribution in [-0.4, -0.2) is 13.2 Å². The summed E-state index contributed by atoms with van der Waals surface area (Å²) in [7, 11) is 0. The largest absolute Gasteiger partial charge is 0.486 e. The summed E-state index contributed by atoms with van der Waals surface area (Å²) in [5.74, 6) is 6.41. The molecule has 0 saturated carbocycles. The van der Waals surface area contributed by atoms with E-state index in [1.54, 1.807) is 24.3 Å². The number of nitrogens with two attached hydrogens (primary N) is 1. The minimum absolute atomic E-state index is 0.0605. The van der Waals surface area contributed by atoms with Gasteiger partial charge in [0.2, 0.25) is 0 Å². The van der Waals surface area contributed by atoms with Crippen LogP contribution in [0.2, 0.25) is 5.02 Å². The van der Waals surface area contributed by atoms with E-state index in [1.165, 1.54) is 6.07 Å². The molecule has 0 aromatic heterocycles. The van der Waals surface area contributed by atoms with Gasteiger partial charge >= 0.3 is 0 Å². The van der Waals surface area contributed by atoms with Crippen LogP contribution in [-0.2, 0) is 0 Å². The maximum absolute atomic E-state index is 14.2. The monoisotopic (exact) mass is 308 g/mol. The first-order chi connectivity index (χ1) is 10.2. The van der Waals surface area contributed by atoms with Crippen molar-refractivity contribution < 1.29 is 13.9 Å². The van der Waals surface area contributed by atoms with Crippen LogP contribution in [0.25, 0.3) is 0 Å². The third-order valence-electron chi connectivity index (χ3n) is 3.36. The van der Waals surface area contributed by atoms with Crippen LogP contribution in [0.4, 0.5) is 4.39 Å². The van der Waals surface area contributed by atoms with Crippen molar-refractivity contribution in [1.29, 1.82) is 0 Å². The van der Waals surface area contributed by atoms with Gasteiger partial charge in [-0.25, -0.2) is 9.82 Å². The Labute approximate surface area is 126 Å². The van der Waals surface area contributed by atoms with Crippen LogP contribution in [0.5, 0.6) is 11.5 Å². The van der Waals surface area contributed by atoms with E-state index < -0.39 is 11.9 Å². The van der Waals surface area contributed by atoms with E-state index in [0.717, 1.165) is 5.56 Å². The predicted octanol–water partition coefficient (Wildman–Crippen LogP) is 2.80. The van der Waals surface area contributed by atoms with Gasteiger partial charge < -0.3 is 9.47 Å². The third-order valence-corrected chi connectivity index (χ3v) is 3.65. The van der Waals surface area contributed by atoms with Crippen molar-refractivity contribution in [2.75, 3.05) is 13.2 Å². The molecule has 0 aliphatic carbocycles. The van der Waals surface area contributed by atoms with Crippen molar-refractivity contribution in [1.82, 2.24) is 5.43 Å². The first-order valence-corrected chi connectivity index (χ1v) is 6.88. The lowest BCUT2D eigenvalue weighted by atomic mass is 9.98. The first-order valence-electron chi connectivity index (χ1n) is 6.50. The van der Waals surface area contributed by atoms with Gasteiger partial charge in [-0.3, -0.25) is 5.84 Å². The first kappa shape index (κ1) is 14.1. The van der Waals surface area contributed by atoms with E-state index in [2.05, 4.69) is 5.43 Å². The summed E-state index contributed by atoms with van der Waals surface area (Å²) < 4.78 is 25.2. The van der Waals surface area contributed by atoms with E-state index in [1.807, 2.05) is 6.07 Å². The average Bonchev–Trinajstić information content (AvgIpc) is 2.52. The second kappa shape index (κ2) is 5.89. The molecule has 3 N–H and O–H groups in total. The standard InChI is InChI=1S/C15H14ClFN2O2/c16-11-3-1-2-10(14(11)17)15(19-18)9-4-5-12-13(8-9)21-7-6-20-12/h1-5,8,15,19H,6-7,18H2. The molecule has 1 unspecified atom stereocenters. The van der Waals surface area contributed by atoms with Gasteiger partial charge in [0.15, 0.2) is 11.5 Å². The van der Waals surface area contributed by atoms with Crippen LogP contribution in [0.15, 0.2) is 36.4 Å². The van der Waals surface area contributed by atoms with Gasteiger partial charge in [0.1, 0.15) is 19.0 Å². The number of rotatable bonds is 3. The van der Waals surface area contributed by atoms with Gasteiger partial charge in [0.25, 0.3) is 0 Å². The number of nitrogens with one attached hydrogen (secondary N) is 1. The molecule has 0 bridgehead atoms. The number of hydrogen-bond acceptors (Lipinski definition) is 4. The highest BCUT2D eigenvalue weighted by molar-refractivity contribution is 6.30. The minimum atomic E-state index is -0.528. The summed E-state index contributed by atoms with van der Waals surface area (Å²) in [6, 6.07) is 9.69. The molecule has 2 aromatic rings. The molecule has 0 fully saturated rings. The van der Waals surface area contributed by atoms with Gasteiger partial charge in [0, 0.05) is 5.56 Å². The van der Waals surface area contributed by atoms with Crippen molar-refractivity contribution in [2.45, 2.75) is 6.04 Å². The summed E-state index contributed by atoms with van der Waals surface area (Å²) in [6.45, 7) is 1.01. The molecule has 1 aliphatic heterocycles. The van der Waals surface area contributed by atoms with Crippen molar-refractivity contribution >= 4 is 11.6 Å². The van der Waals surface area contributed by atoms with Crippen molar-refractivity contribution in [2.24, 2.45) is 5.84 Å². The second-order valence-corrected chi connectivity index (χ2v) is 5.05. The number of hydrogen-bond donors (Lipinski definition) is 2. The smallest absolute Gasteiger partial charge is 0.161 e. The Balaban J connectivity index is 2.02. The summed E-state index contributed by atoms with van der Waals surface area (Å²) in [4.78, 5) is 0. The van der Waals surface area contributed by atoms with Crippen LogP contribution < -0.4 is 20.7 Å². The zero-order chi connectivity index (χ0) is 14.8. The zero-order valence-corrected chi connectivity index (χ0v) is 11.9. The zero-order valence-electron chi connectivity index (χ0n) is 11.1. The van der Waals surface area contributed by atoms with Gasteiger partial charge in [0.05, 0.1) is 11.1 Å². The number of ether oxygens (including phenoxy) is 2. The van der Waals surface area contributed by atoms with Crippen molar-refractivity contribution in [3.05, 3.63) is 58.4 Å². The van der Waals surface area contributed by atoms with E-state index in [0.29, 0.717) is 30.3 Å². The lowest BCUT2D eigenvalue weighted by Crippen LogP contribution is -2.29. The van der Waals surface area contributed by atoms with Crippen LogP contribution in [0.1, 0.15) is 17.2 Å². The normalized spacial score (nSPS) is 14.8. The fraction of sp³-hybridized carbons (Fsp3) is 0.200. The molecular formula is C15H14ClFN2O2. The SMILES string of the molecule is NNC(c1ccc2c(c1)OCCO2)c1cccc(Cl)c1F. The fourth-order valence-electron chi connectivity index (χ4n) is 2.35. The molecule has 1 atom stereocenters. The summed E-state index contributed by atoms with van der Waals surface area (Å²) >= 11 is 5.83. The Morgan fingerprint density at radius 3 is 2.67 bits per heavy atom. The highest BCUT2D eigenvalue weighted by atomic mass is 35.5. The van der Waals surface area contributed by atoms with Gasteiger partial charge in [-0.2, -0.15) is 0 Å². The Morgan fingerprint density at radius 2 is 1.90 bits per heavy atom.